The number of carboxylic acids is 1. The van der Waals surface area contributed by atoms with E-state index in [0.29, 0.717) is 19.5 Å². The van der Waals surface area contributed by atoms with E-state index in [1.165, 1.54) is 12.0 Å². The number of rotatable bonds is 4. The molecule has 19 heavy (non-hydrogen) atoms. The first-order valence-corrected chi connectivity index (χ1v) is 6.82. The summed E-state index contributed by atoms with van der Waals surface area (Å²) in [5, 5.41) is 13.8. The van der Waals surface area contributed by atoms with Gasteiger partial charge in [-0.3, -0.25) is 0 Å². The third-order valence-corrected chi connectivity index (χ3v) is 4.01. The molecule has 2 rings (SSSR count). The fourth-order valence-corrected chi connectivity index (χ4v) is 2.75. The highest BCUT2D eigenvalue weighted by atomic mass is 32.1. The second kappa shape index (κ2) is 6.03. The number of carbonyl (C=O) groups is 2. The summed E-state index contributed by atoms with van der Waals surface area (Å²) in [5.74, 6) is -0.995. The van der Waals surface area contributed by atoms with Crippen LogP contribution < -0.4 is 5.32 Å². The predicted octanol–water partition coefficient (Wildman–Crippen LogP) is 1.13. The van der Waals surface area contributed by atoms with Gasteiger partial charge in [0.05, 0.1) is 12.6 Å². The van der Waals surface area contributed by atoms with Crippen LogP contribution in [0.1, 0.15) is 11.3 Å². The predicted molar refractivity (Wildman–Crippen MR) is 70.1 cm³/mol. The molecule has 1 saturated heterocycles. The SMILES string of the molecule is COC1CC(C(=O)O)N(C(=O)NCc2cccs2)C1. The van der Waals surface area contributed by atoms with Crippen LogP contribution in [0.15, 0.2) is 17.5 Å². The maximum Gasteiger partial charge on any atom is 0.326 e. The van der Waals surface area contributed by atoms with E-state index in [0.717, 1.165) is 4.88 Å². The van der Waals surface area contributed by atoms with Gasteiger partial charge in [0.1, 0.15) is 6.04 Å². The van der Waals surface area contributed by atoms with Crippen molar-refractivity contribution < 1.29 is 19.4 Å². The number of methoxy groups -OCH3 is 1. The Balaban J connectivity index is 1.94. The highest BCUT2D eigenvalue weighted by Crippen LogP contribution is 2.20. The van der Waals surface area contributed by atoms with Crippen molar-refractivity contribution >= 4 is 23.3 Å². The van der Waals surface area contributed by atoms with Gasteiger partial charge in [0.2, 0.25) is 0 Å². The summed E-state index contributed by atoms with van der Waals surface area (Å²) in [5.41, 5.74) is 0. The Kier molecular flexibility index (Phi) is 4.39. The summed E-state index contributed by atoms with van der Waals surface area (Å²) in [6.45, 7) is 0.723. The van der Waals surface area contributed by atoms with Crippen molar-refractivity contribution in [3.63, 3.8) is 0 Å². The summed E-state index contributed by atoms with van der Waals surface area (Å²) in [6.07, 6.45) is 0.117. The van der Waals surface area contributed by atoms with Gasteiger partial charge in [-0.05, 0) is 11.4 Å². The first-order valence-electron chi connectivity index (χ1n) is 5.94. The van der Waals surface area contributed by atoms with E-state index in [1.54, 1.807) is 11.3 Å². The molecule has 2 heterocycles. The van der Waals surface area contributed by atoms with E-state index in [-0.39, 0.29) is 12.1 Å². The van der Waals surface area contributed by atoms with E-state index < -0.39 is 12.0 Å². The lowest BCUT2D eigenvalue weighted by Gasteiger charge is -2.21. The van der Waals surface area contributed by atoms with Crippen molar-refractivity contribution in [3.05, 3.63) is 22.4 Å². The molecular formula is C12H16N2O4S. The summed E-state index contributed by atoms with van der Waals surface area (Å²) in [7, 11) is 1.52. The molecular weight excluding hydrogens is 268 g/mol. The quantitative estimate of drug-likeness (QED) is 0.868. The highest BCUT2D eigenvalue weighted by Gasteiger charge is 2.39. The van der Waals surface area contributed by atoms with Gasteiger partial charge in [-0.1, -0.05) is 6.07 Å². The molecule has 7 heteroatoms. The number of hydrogen-bond acceptors (Lipinski definition) is 4. The van der Waals surface area contributed by atoms with Gasteiger partial charge >= 0.3 is 12.0 Å². The lowest BCUT2D eigenvalue weighted by atomic mass is 10.2. The summed E-state index contributed by atoms with van der Waals surface area (Å²) < 4.78 is 5.14. The van der Waals surface area contributed by atoms with Crippen LogP contribution in [0.3, 0.4) is 0 Å². The van der Waals surface area contributed by atoms with Crippen molar-refractivity contribution in [2.45, 2.75) is 25.1 Å². The molecule has 0 saturated carbocycles. The van der Waals surface area contributed by atoms with Crippen LogP contribution in [0.4, 0.5) is 4.79 Å². The van der Waals surface area contributed by atoms with Gasteiger partial charge in [0.15, 0.2) is 0 Å². The fourth-order valence-electron chi connectivity index (χ4n) is 2.10. The lowest BCUT2D eigenvalue weighted by molar-refractivity contribution is -0.141. The number of amides is 2. The van der Waals surface area contributed by atoms with Crippen LogP contribution in [0, 0.1) is 0 Å². The van der Waals surface area contributed by atoms with Crippen LogP contribution in [0.25, 0.3) is 0 Å². The Morgan fingerprint density at radius 1 is 1.63 bits per heavy atom. The van der Waals surface area contributed by atoms with Gasteiger partial charge in [-0.2, -0.15) is 0 Å². The average molecular weight is 284 g/mol. The van der Waals surface area contributed by atoms with Crippen LogP contribution in [-0.2, 0) is 16.1 Å². The second-order valence-corrected chi connectivity index (χ2v) is 5.37. The van der Waals surface area contributed by atoms with Gasteiger partial charge < -0.3 is 20.1 Å². The van der Waals surface area contributed by atoms with E-state index in [4.69, 9.17) is 9.84 Å². The zero-order valence-electron chi connectivity index (χ0n) is 10.5. The molecule has 2 unspecified atom stereocenters. The minimum absolute atomic E-state index is 0.214. The number of thiophene rings is 1. The molecule has 104 valence electrons. The molecule has 0 bridgehead atoms. The molecule has 0 spiro atoms. The fraction of sp³-hybridized carbons (Fsp3) is 0.500. The zero-order valence-corrected chi connectivity index (χ0v) is 11.4. The third kappa shape index (κ3) is 3.24. The summed E-state index contributed by atoms with van der Waals surface area (Å²) >= 11 is 1.55. The minimum Gasteiger partial charge on any atom is -0.480 e. The number of carboxylic acid groups (broad SMARTS) is 1. The molecule has 1 aliphatic heterocycles. The van der Waals surface area contributed by atoms with Crippen molar-refractivity contribution in [1.82, 2.24) is 10.2 Å². The molecule has 1 fully saturated rings. The molecule has 0 aliphatic carbocycles. The van der Waals surface area contributed by atoms with Crippen LogP contribution in [-0.4, -0.2) is 47.8 Å². The molecule has 1 aromatic rings. The molecule has 2 atom stereocenters. The largest absolute Gasteiger partial charge is 0.480 e. The van der Waals surface area contributed by atoms with Gasteiger partial charge in [0, 0.05) is 25.0 Å². The number of ether oxygens (including phenoxy) is 1. The van der Waals surface area contributed by atoms with Crippen LogP contribution in [0.2, 0.25) is 0 Å². The van der Waals surface area contributed by atoms with E-state index in [9.17, 15) is 9.59 Å². The average Bonchev–Trinajstić information content (AvgIpc) is 3.04. The molecule has 1 aromatic heterocycles. The van der Waals surface area contributed by atoms with E-state index in [1.807, 2.05) is 17.5 Å². The lowest BCUT2D eigenvalue weighted by Crippen LogP contribution is -2.45. The maximum absolute atomic E-state index is 12.0. The molecule has 6 nitrogen and oxygen atoms in total. The Hall–Kier alpha value is -1.60. The number of hydrogen-bond donors (Lipinski definition) is 2. The monoisotopic (exact) mass is 284 g/mol. The Bertz CT molecular complexity index is 449. The molecule has 1 aliphatic rings. The second-order valence-electron chi connectivity index (χ2n) is 4.34. The van der Waals surface area contributed by atoms with Crippen molar-refractivity contribution in [3.8, 4) is 0 Å². The third-order valence-electron chi connectivity index (χ3n) is 3.14. The van der Waals surface area contributed by atoms with Crippen LogP contribution in [0.5, 0.6) is 0 Å². The van der Waals surface area contributed by atoms with E-state index >= 15 is 0 Å². The van der Waals surface area contributed by atoms with Gasteiger partial charge in [-0.15, -0.1) is 11.3 Å². The van der Waals surface area contributed by atoms with Gasteiger partial charge in [-0.25, -0.2) is 9.59 Å². The maximum atomic E-state index is 12.0. The van der Waals surface area contributed by atoms with E-state index in [2.05, 4.69) is 5.32 Å². The highest BCUT2D eigenvalue weighted by molar-refractivity contribution is 7.09. The Labute approximate surface area is 115 Å². The Morgan fingerprint density at radius 2 is 2.42 bits per heavy atom. The number of nitrogens with zero attached hydrogens (tertiary/aromatic N) is 1. The normalized spacial score (nSPS) is 22.5. The smallest absolute Gasteiger partial charge is 0.326 e. The topological polar surface area (TPSA) is 78.9 Å². The molecule has 0 aromatic carbocycles. The first-order chi connectivity index (χ1) is 9.11. The standard InChI is InChI=1S/C12H16N2O4S/c1-18-8-5-10(11(15)16)14(7-8)12(17)13-6-9-3-2-4-19-9/h2-4,8,10H,5-7H2,1H3,(H,13,17)(H,15,16). The number of urea groups is 1. The minimum atomic E-state index is -0.995. The Morgan fingerprint density at radius 3 is 3.00 bits per heavy atom. The number of aliphatic carboxylic acids is 1. The van der Waals surface area contributed by atoms with Gasteiger partial charge in [0.25, 0.3) is 0 Å². The zero-order chi connectivity index (χ0) is 13.8. The van der Waals surface area contributed by atoms with Crippen molar-refractivity contribution in [1.29, 1.82) is 0 Å². The number of carbonyl (C=O) groups excluding carboxylic acids is 1. The molecule has 2 amide bonds. The van der Waals surface area contributed by atoms with Crippen molar-refractivity contribution in [2.24, 2.45) is 0 Å². The molecule has 0 radical (unpaired) electrons. The molecule has 2 N–H and O–H groups in total. The summed E-state index contributed by atoms with van der Waals surface area (Å²) in [4.78, 5) is 25.5. The first kappa shape index (κ1) is 13.8. The van der Waals surface area contributed by atoms with Crippen LogP contribution >= 0.6 is 11.3 Å². The van der Waals surface area contributed by atoms with Crippen molar-refractivity contribution in [2.75, 3.05) is 13.7 Å². The number of nitrogens with one attached hydrogen (secondary N) is 1. The summed E-state index contributed by atoms with van der Waals surface area (Å²) in [6, 6.07) is 2.65. The number of likely N-dealkylation sites (tertiary alicyclic amines) is 1.